The van der Waals surface area contributed by atoms with Crippen molar-refractivity contribution in [3.05, 3.63) is 74.7 Å². The molecule has 2 aliphatic rings. The van der Waals surface area contributed by atoms with Gasteiger partial charge in [-0.1, -0.05) is 0 Å². The molecule has 0 saturated heterocycles. The van der Waals surface area contributed by atoms with Crippen molar-refractivity contribution in [2.45, 2.75) is 25.7 Å². The zero-order valence-electron chi connectivity index (χ0n) is 17.0. The van der Waals surface area contributed by atoms with Crippen LogP contribution in [0.4, 0.5) is 11.4 Å². The largest absolute Gasteiger partial charge is 0.478 e. The fraction of sp³-hybridized carbons (Fsp3) is 0.167. The van der Waals surface area contributed by atoms with E-state index in [0.717, 1.165) is 30.0 Å². The molecule has 3 N–H and O–H groups in total. The van der Waals surface area contributed by atoms with Gasteiger partial charge >= 0.3 is 5.97 Å². The Bertz CT molecular complexity index is 1270. The quantitative estimate of drug-likeness (QED) is 0.514. The highest BCUT2D eigenvalue weighted by Crippen LogP contribution is 2.36. The van der Waals surface area contributed by atoms with Crippen molar-refractivity contribution < 1.29 is 19.5 Å². The molecule has 0 atom stereocenters. The Hall–Kier alpha value is -3.78. The van der Waals surface area contributed by atoms with Gasteiger partial charge in [0.25, 0.3) is 11.8 Å². The van der Waals surface area contributed by atoms with Crippen LogP contribution < -0.4 is 10.6 Å². The van der Waals surface area contributed by atoms with E-state index in [2.05, 4.69) is 10.6 Å². The predicted octanol–water partition coefficient (Wildman–Crippen LogP) is 4.47. The molecule has 0 bridgehead atoms. The molecule has 160 valence electrons. The smallest absolute Gasteiger partial charge is 0.335 e. The highest BCUT2D eigenvalue weighted by molar-refractivity contribution is 7.12. The lowest BCUT2D eigenvalue weighted by Crippen LogP contribution is -2.12. The molecule has 1 aromatic heterocycles. The topological polar surface area (TPSA) is 108 Å². The number of aryl methyl sites for hydroxylation is 2. The molecule has 3 aromatic rings. The number of hydrogen-bond donors (Lipinski definition) is 3. The van der Waals surface area contributed by atoms with Crippen LogP contribution in [0, 0.1) is 0 Å². The van der Waals surface area contributed by atoms with Crippen LogP contribution in [-0.4, -0.2) is 27.9 Å². The Kier molecular flexibility index (Phi) is 5.07. The summed E-state index contributed by atoms with van der Waals surface area (Å²) in [7, 11) is 0. The number of carbonyl (C=O) groups excluding carboxylic acids is 2. The Morgan fingerprint density at radius 3 is 2.56 bits per heavy atom. The fourth-order valence-corrected chi connectivity index (χ4v) is 5.03. The molecule has 0 spiro atoms. The number of benzene rings is 2. The number of aromatic carboxylic acids is 1. The minimum absolute atomic E-state index is 0.113. The van der Waals surface area contributed by atoms with E-state index < -0.39 is 5.97 Å². The molecule has 5 rings (SSSR count). The minimum Gasteiger partial charge on any atom is -0.478 e. The molecule has 2 amide bonds. The number of fused-ring (bicyclic) bond motifs is 2. The summed E-state index contributed by atoms with van der Waals surface area (Å²) in [6, 6.07) is 10.9. The van der Waals surface area contributed by atoms with E-state index in [4.69, 9.17) is 10.1 Å². The van der Waals surface area contributed by atoms with Crippen molar-refractivity contribution >= 4 is 52.1 Å². The lowest BCUT2D eigenvalue weighted by molar-refractivity contribution is -0.110. The van der Waals surface area contributed by atoms with Gasteiger partial charge in [-0.2, -0.15) is 0 Å². The van der Waals surface area contributed by atoms with Crippen LogP contribution in [0.15, 0.2) is 42.5 Å². The predicted molar refractivity (Wildman–Crippen MR) is 123 cm³/mol. The van der Waals surface area contributed by atoms with Crippen molar-refractivity contribution in [2.75, 3.05) is 10.6 Å². The third-order valence-corrected chi connectivity index (χ3v) is 6.69. The number of carboxylic acids is 1. The molecule has 1 aliphatic carbocycles. The molecule has 0 radical (unpaired) electrons. The molecule has 0 fully saturated rings. The van der Waals surface area contributed by atoms with Gasteiger partial charge in [0.2, 0.25) is 0 Å². The van der Waals surface area contributed by atoms with Crippen molar-refractivity contribution in [2.24, 2.45) is 0 Å². The number of rotatable bonds is 4. The van der Waals surface area contributed by atoms with Crippen LogP contribution in [-0.2, 0) is 17.6 Å². The Morgan fingerprint density at radius 2 is 1.81 bits per heavy atom. The maximum absolute atomic E-state index is 12.6. The van der Waals surface area contributed by atoms with Crippen LogP contribution in [0.25, 0.3) is 11.6 Å². The number of aromatic nitrogens is 1. The Morgan fingerprint density at radius 1 is 1.06 bits per heavy atom. The number of nitrogens with one attached hydrogen (secondary N) is 2. The second-order valence-electron chi connectivity index (χ2n) is 7.74. The molecule has 1 aliphatic heterocycles. The zero-order valence-corrected chi connectivity index (χ0v) is 17.8. The van der Waals surface area contributed by atoms with Crippen LogP contribution in [0.5, 0.6) is 0 Å². The molecule has 2 heterocycles. The number of hydrogen-bond acceptors (Lipinski definition) is 5. The summed E-state index contributed by atoms with van der Waals surface area (Å²) in [5.41, 5.74) is 4.05. The zero-order chi connectivity index (χ0) is 22.2. The van der Waals surface area contributed by atoms with E-state index in [1.54, 1.807) is 29.5 Å². The molecular formula is C24H19N3O4S. The standard InChI is InChI=1S/C24H19N3O4S/c28-22(13-5-7-14(8-6-13)24(30)31)25-15-9-10-18-16(11-15)17(23(29)27-18)12-21-26-19-3-1-2-4-20(19)32-21/h5-12H,1-4H2,(H,25,28)(H,27,29)(H,30,31). The van der Waals surface area contributed by atoms with Crippen LogP contribution in [0.3, 0.4) is 0 Å². The van der Waals surface area contributed by atoms with Gasteiger partial charge in [0.05, 0.1) is 16.8 Å². The summed E-state index contributed by atoms with van der Waals surface area (Å²) in [6.07, 6.45) is 6.18. The maximum atomic E-state index is 12.6. The van der Waals surface area contributed by atoms with Crippen LogP contribution >= 0.6 is 11.3 Å². The summed E-state index contributed by atoms with van der Waals surface area (Å²) < 4.78 is 0. The van der Waals surface area contributed by atoms with E-state index in [9.17, 15) is 14.4 Å². The average Bonchev–Trinajstić information content (AvgIpc) is 3.34. The summed E-state index contributed by atoms with van der Waals surface area (Å²) in [6.45, 7) is 0. The fourth-order valence-electron chi connectivity index (χ4n) is 3.93. The monoisotopic (exact) mass is 445 g/mol. The highest BCUT2D eigenvalue weighted by atomic mass is 32.1. The molecule has 32 heavy (non-hydrogen) atoms. The SMILES string of the molecule is O=C1Nc2ccc(NC(=O)c3ccc(C(=O)O)cc3)cc2C1=Cc1nc2c(s1)CCCC2. The van der Waals surface area contributed by atoms with Gasteiger partial charge in [0, 0.05) is 27.4 Å². The van der Waals surface area contributed by atoms with E-state index in [0.29, 0.717) is 28.1 Å². The van der Waals surface area contributed by atoms with Crippen molar-refractivity contribution in [1.82, 2.24) is 4.98 Å². The second kappa shape index (κ2) is 8.05. The van der Waals surface area contributed by atoms with Gasteiger partial charge in [-0.15, -0.1) is 11.3 Å². The first-order valence-corrected chi connectivity index (χ1v) is 11.1. The van der Waals surface area contributed by atoms with Gasteiger partial charge in [-0.05, 0) is 74.2 Å². The lowest BCUT2D eigenvalue weighted by atomic mass is 10.0. The molecule has 2 aromatic carbocycles. The van der Waals surface area contributed by atoms with E-state index in [1.165, 1.54) is 35.6 Å². The first kappa shape index (κ1) is 20.1. The normalized spacial score (nSPS) is 15.8. The molecular weight excluding hydrogens is 426 g/mol. The van der Waals surface area contributed by atoms with Crippen molar-refractivity contribution in [1.29, 1.82) is 0 Å². The van der Waals surface area contributed by atoms with Crippen molar-refractivity contribution in [3.8, 4) is 0 Å². The third-order valence-electron chi connectivity index (χ3n) is 5.58. The number of carboxylic acid groups (broad SMARTS) is 1. The second-order valence-corrected chi connectivity index (χ2v) is 8.85. The Labute approximate surface area is 187 Å². The maximum Gasteiger partial charge on any atom is 0.335 e. The van der Waals surface area contributed by atoms with Gasteiger partial charge in [-0.25, -0.2) is 9.78 Å². The van der Waals surface area contributed by atoms with E-state index >= 15 is 0 Å². The van der Waals surface area contributed by atoms with Gasteiger partial charge < -0.3 is 15.7 Å². The number of amides is 2. The first-order chi connectivity index (χ1) is 15.5. The molecule has 0 unspecified atom stereocenters. The summed E-state index contributed by atoms with van der Waals surface area (Å²) in [5.74, 6) is -1.61. The average molecular weight is 446 g/mol. The third kappa shape index (κ3) is 3.80. The van der Waals surface area contributed by atoms with E-state index in [1.807, 2.05) is 6.08 Å². The molecule has 8 heteroatoms. The van der Waals surface area contributed by atoms with Crippen LogP contribution in [0.2, 0.25) is 0 Å². The van der Waals surface area contributed by atoms with Crippen molar-refractivity contribution in [3.63, 3.8) is 0 Å². The first-order valence-electron chi connectivity index (χ1n) is 10.3. The number of anilines is 2. The minimum atomic E-state index is -1.05. The van der Waals surface area contributed by atoms with Gasteiger partial charge in [0.1, 0.15) is 5.01 Å². The lowest BCUT2D eigenvalue weighted by Gasteiger charge is -2.08. The molecule has 0 saturated carbocycles. The van der Waals surface area contributed by atoms with Gasteiger partial charge in [0.15, 0.2) is 0 Å². The Balaban J connectivity index is 1.40. The van der Waals surface area contributed by atoms with E-state index in [-0.39, 0.29) is 17.4 Å². The number of nitrogens with zero attached hydrogens (tertiary/aromatic N) is 1. The summed E-state index contributed by atoms with van der Waals surface area (Å²) >= 11 is 1.64. The highest BCUT2D eigenvalue weighted by Gasteiger charge is 2.26. The van der Waals surface area contributed by atoms with Gasteiger partial charge in [-0.3, -0.25) is 9.59 Å². The van der Waals surface area contributed by atoms with Crippen LogP contribution in [0.1, 0.15) is 54.7 Å². The molecule has 7 nitrogen and oxygen atoms in total. The number of carbonyl (C=O) groups is 3. The summed E-state index contributed by atoms with van der Waals surface area (Å²) in [4.78, 5) is 42.2. The summed E-state index contributed by atoms with van der Waals surface area (Å²) in [5, 5.41) is 15.5. The number of thiazole rings is 1.